The van der Waals surface area contributed by atoms with Gasteiger partial charge in [0, 0.05) is 11.4 Å². The van der Waals surface area contributed by atoms with E-state index in [-0.39, 0.29) is 23.6 Å². The van der Waals surface area contributed by atoms with Gasteiger partial charge in [0.2, 0.25) is 0 Å². The normalized spacial score (nSPS) is 22.8. The lowest BCUT2D eigenvalue weighted by Crippen LogP contribution is -2.39. The largest absolute Gasteiger partial charge is 0.497 e. The number of anilines is 1. The summed E-state index contributed by atoms with van der Waals surface area (Å²) in [5.41, 5.74) is 4.62. The minimum atomic E-state index is -3.03. The molecule has 7 heteroatoms. The summed E-state index contributed by atoms with van der Waals surface area (Å²) in [5, 5.41) is 0.906. The lowest BCUT2D eigenvalue weighted by Gasteiger charge is -2.27. The molecule has 0 aliphatic carbocycles. The van der Waals surface area contributed by atoms with Crippen LogP contribution in [0.1, 0.15) is 16.7 Å². The van der Waals surface area contributed by atoms with Gasteiger partial charge in [-0.05, 0) is 54.8 Å². The van der Waals surface area contributed by atoms with Gasteiger partial charge in [-0.2, -0.15) is 0 Å². The average Bonchev–Trinajstić information content (AvgIpc) is 3.14. The zero-order valence-electron chi connectivity index (χ0n) is 16.3. The third-order valence-corrected chi connectivity index (χ3v) is 8.14. The molecule has 148 valence electrons. The van der Waals surface area contributed by atoms with Crippen LogP contribution in [0.2, 0.25) is 0 Å². The molecule has 2 aliphatic rings. The first-order valence-electron chi connectivity index (χ1n) is 9.27. The second-order valence-corrected chi connectivity index (χ2v) is 10.5. The monoisotopic (exact) mass is 416 g/mol. The molecule has 2 atom stereocenters. The number of benzene rings is 2. The van der Waals surface area contributed by atoms with Gasteiger partial charge in [0.1, 0.15) is 5.75 Å². The van der Waals surface area contributed by atoms with Crippen molar-refractivity contribution in [3.8, 4) is 5.75 Å². The summed E-state index contributed by atoms with van der Waals surface area (Å²) in [6, 6.07) is 14.0. The maximum Gasteiger partial charge on any atom is 0.164 e. The quantitative estimate of drug-likeness (QED) is 0.762. The summed E-state index contributed by atoms with van der Waals surface area (Å²) in [4.78, 5) is 6.94. The number of nitrogens with zero attached hydrogens (tertiary/aromatic N) is 2. The molecule has 0 spiro atoms. The van der Waals surface area contributed by atoms with E-state index in [4.69, 9.17) is 9.73 Å². The number of hydrogen-bond acceptors (Lipinski definition) is 6. The highest BCUT2D eigenvalue weighted by atomic mass is 32.2. The summed E-state index contributed by atoms with van der Waals surface area (Å²) < 4.78 is 29.6. The van der Waals surface area contributed by atoms with Gasteiger partial charge >= 0.3 is 0 Å². The number of sulfone groups is 1. The molecule has 0 unspecified atom stereocenters. The Balaban J connectivity index is 1.60. The number of rotatable bonds is 4. The highest BCUT2D eigenvalue weighted by Gasteiger charge is 2.47. The first-order chi connectivity index (χ1) is 13.4. The van der Waals surface area contributed by atoms with Crippen molar-refractivity contribution < 1.29 is 13.2 Å². The fourth-order valence-corrected chi connectivity index (χ4v) is 6.60. The van der Waals surface area contributed by atoms with E-state index in [1.807, 2.05) is 24.3 Å². The van der Waals surface area contributed by atoms with Crippen LogP contribution < -0.4 is 9.64 Å². The number of aryl methyl sites for hydroxylation is 2. The van der Waals surface area contributed by atoms with Gasteiger partial charge in [-0.25, -0.2) is 8.42 Å². The molecule has 2 aromatic rings. The fourth-order valence-electron chi connectivity index (χ4n) is 3.68. The van der Waals surface area contributed by atoms with Gasteiger partial charge in [0.05, 0.1) is 30.7 Å². The van der Waals surface area contributed by atoms with Crippen LogP contribution in [-0.2, 0) is 15.6 Å². The Morgan fingerprint density at radius 1 is 1.11 bits per heavy atom. The van der Waals surface area contributed by atoms with E-state index in [0.717, 1.165) is 22.4 Å². The molecule has 0 aromatic heterocycles. The van der Waals surface area contributed by atoms with Gasteiger partial charge in [-0.3, -0.25) is 4.99 Å². The van der Waals surface area contributed by atoms with Gasteiger partial charge in [0.25, 0.3) is 0 Å². The minimum Gasteiger partial charge on any atom is -0.497 e. The Labute approximate surface area is 170 Å². The van der Waals surface area contributed by atoms with Crippen LogP contribution in [0.15, 0.2) is 47.5 Å². The zero-order chi connectivity index (χ0) is 19.9. The summed E-state index contributed by atoms with van der Waals surface area (Å²) in [5.74, 6) is 1.92. The highest BCUT2D eigenvalue weighted by molar-refractivity contribution is 8.13. The molecule has 1 saturated heterocycles. The predicted molar refractivity (Wildman–Crippen MR) is 116 cm³/mol. The van der Waals surface area contributed by atoms with Gasteiger partial charge in [-0.15, -0.1) is 0 Å². The zero-order valence-corrected chi connectivity index (χ0v) is 17.9. The van der Waals surface area contributed by atoms with E-state index in [0.29, 0.717) is 0 Å². The molecule has 5 nitrogen and oxygen atoms in total. The van der Waals surface area contributed by atoms with Crippen LogP contribution >= 0.6 is 11.8 Å². The van der Waals surface area contributed by atoms with Crippen LogP contribution in [0.25, 0.3) is 0 Å². The van der Waals surface area contributed by atoms with Crippen molar-refractivity contribution in [2.75, 3.05) is 23.5 Å². The van der Waals surface area contributed by atoms with Crippen molar-refractivity contribution >= 4 is 32.5 Å². The number of thioether (sulfide) groups is 1. The molecule has 2 aromatic carbocycles. The minimum absolute atomic E-state index is 0.106. The van der Waals surface area contributed by atoms with Crippen LogP contribution in [0.3, 0.4) is 0 Å². The first kappa shape index (κ1) is 19.3. The average molecular weight is 417 g/mol. The lowest BCUT2D eigenvalue weighted by atomic mass is 10.1. The number of methoxy groups -OCH3 is 1. The second-order valence-electron chi connectivity index (χ2n) is 7.40. The number of fused-ring (bicyclic) bond motifs is 1. The topological polar surface area (TPSA) is 59.0 Å². The van der Waals surface area contributed by atoms with Crippen LogP contribution in [0.4, 0.5) is 5.69 Å². The molecule has 4 rings (SSSR count). The Hall–Kier alpha value is -1.99. The molecule has 0 amide bonds. The number of ether oxygens (including phenoxy) is 1. The Bertz CT molecular complexity index is 1020. The Morgan fingerprint density at radius 3 is 2.54 bits per heavy atom. The predicted octanol–water partition coefficient (Wildman–Crippen LogP) is 3.59. The summed E-state index contributed by atoms with van der Waals surface area (Å²) >= 11 is 1.66. The maximum atomic E-state index is 12.2. The van der Waals surface area contributed by atoms with E-state index < -0.39 is 9.84 Å². The highest BCUT2D eigenvalue weighted by Crippen LogP contribution is 2.36. The summed E-state index contributed by atoms with van der Waals surface area (Å²) in [6.07, 6.45) is 0. The molecule has 0 N–H and O–H groups in total. The summed E-state index contributed by atoms with van der Waals surface area (Å²) in [6.45, 7) is 4.17. The van der Waals surface area contributed by atoms with Crippen molar-refractivity contribution in [1.29, 1.82) is 0 Å². The molecule has 28 heavy (non-hydrogen) atoms. The van der Waals surface area contributed by atoms with E-state index >= 15 is 0 Å². The van der Waals surface area contributed by atoms with E-state index in [9.17, 15) is 8.42 Å². The lowest BCUT2D eigenvalue weighted by molar-refractivity contribution is 0.414. The van der Waals surface area contributed by atoms with Crippen molar-refractivity contribution in [2.24, 2.45) is 4.99 Å². The molecule has 2 heterocycles. The standard InChI is InChI=1S/C21H24N2O3S2/c1-14-4-7-17(10-15(14)2)23-20-13-28(24,25)12-19(20)22-21(23)27-11-16-5-8-18(26-3)9-6-16/h4-10,19-20H,11-13H2,1-3H3/t19-,20+/m1/s1. The Morgan fingerprint density at radius 2 is 1.86 bits per heavy atom. The third-order valence-electron chi connectivity index (χ3n) is 5.40. The van der Waals surface area contributed by atoms with E-state index in [1.165, 1.54) is 16.7 Å². The maximum absolute atomic E-state index is 12.2. The van der Waals surface area contributed by atoms with Crippen molar-refractivity contribution in [1.82, 2.24) is 0 Å². The SMILES string of the molecule is COc1ccc(CSC2=N[C@@H]3CS(=O)(=O)C[C@@H]3N2c2ccc(C)c(C)c2)cc1. The molecular formula is C21H24N2O3S2. The molecule has 1 fully saturated rings. The van der Waals surface area contributed by atoms with Gasteiger partial charge in [-0.1, -0.05) is 30.0 Å². The summed E-state index contributed by atoms with van der Waals surface area (Å²) in [7, 11) is -1.38. The van der Waals surface area contributed by atoms with Crippen LogP contribution in [0.5, 0.6) is 5.75 Å². The first-order valence-corrected chi connectivity index (χ1v) is 12.1. The van der Waals surface area contributed by atoms with Gasteiger partial charge < -0.3 is 9.64 Å². The van der Waals surface area contributed by atoms with Crippen LogP contribution in [-0.4, -0.2) is 44.3 Å². The van der Waals surface area contributed by atoms with Crippen molar-refractivity contribution in [3.63, 3.8) is 0 Å². The third kappa shape index (κ3) is 3.78. The fraction of sp³-hybridized carbons (Fsp3) is 0.381. The number of amidine groups is 1. The molecule has 0 radical (unpaired) electrons. The molecular weight excluding hydrogens is 392 g/mol. The number of aliphatic imine (C=N–C) groups is 1. The van der Waals surface area contributed by atoms with Crippen molar-refractivity contribution in [2.45, 2.75) is 31.7 Å². The molecule has 0 bridgehead atoms. The molecule has 2 aliphatic heterocycles. The van der Waals surface area contributed by atoms with Gasteiger partial charge in [0.15, 0.2) is 15.0 Å². The smallest absolute Gasteiger partial charge is 0.164 e. The number of hydrogen-bond donors (Lipinski definition) is 0. The second kappa shape index (κ2) is 7.44. The van der Waals surface area contributed by atoms with Crippen LogP contribution in [0, 0.1) is 13.8 Å². The van der Waals surface area contributed by atoms with E-state index in [2.05, 4.69) is 36.9 Å². The van der Waals surface area contributed by atoms with Crippen molar-refractivity contribution in [3.05, 3.63) is 59.2 Å². The van der Waals surface area contributed by atoms with E-state index in [1.54, 1.807) is 18.9 Å². The molecule has 0 saturated carbocycles. The Kier molecular flexibility index (Phi) is 5.14.